The summed E-state index contributed by atoms with van der Waals surface area (Å²) in [7, 11) is 0. The van der Waals surface area contributed by atoms with Gasteiger partial charge in [0, 0.05) is 6.54 Å². The van der Waals surface area contributed by atoms with E-state index in [0.29, 0.717) is 0 Å². The fourth-order valence-corrected chi connectivity index (χ4v) is 2.93. The number of aromatic nitrogens is 3. The van der Waals surface area contributed by atoms with Crippen molar-refractivity contribution < 1.29 is 0 Å². The molecule has 0 saturated carbocycles. The Morgan fingerprint density at radius 3 is 2.91 bits per heavy atom. The zero-order valence-electron chi connectivity index (χ0n) is 13.0. The van der Waals surface area contributed by atoms with Gasteiger partial charge in [-0.1, -0.05) is 42.5 Å². The number of allylic oxidation sites excluding steroid dienone is 2. The molecule has 22 heavy (non-hydrogen) atoms. The Bertz CT molecular complexity index is 588. The van der Waals surface area contributed by atoms with E-state index in [1.54, 1.807) is 0 Å². The summed E-state index contributed by atoms with van der Waals surface area (Å²) in [6, 6.07) is 10.6. The van der Waals surface area contributed by atoms with Crippen LogP contribution < -0.4 is 5.32 Å². The first-order chi connectivity index (χ1) is 10.9. The monoisotopic (exact) mass is 296 g/mol. The van der Waals surface area contributed by atoms with Crippen LogP contribution in [-0.4, -0.2) is 21.3 Å². The average Bonchev–Trinajstić information content (AvgIpc) is 3.02. The fourth-order valence-electron chi connectivity index (χ4n) is 2.93. The molecule has 1 aliphatic carbocycles. The van der Waals surface area contributed by atoms with Crippen LogP contribution in [0.5, 0.6) is 0 Å². The van der Waals surface area contributed by atoms with Gasteiger partial charge in [-0.15, -0.1) is 10.2 Å². The molecule has 0 amide bonds. The van der Waals surface area contributed by atoms with Crippen LogP contribution in [-0.2, 0) is 19.5 Å². The maximum absolute atomic E-state index is 4.25. The number of hydrogen-bond acceptors (Lipinski definition) is 3. The van der Waals surface area contributed by atoms with E-state index in [1.807, 2.05) is 6.33 Å². The van der Waals surface area contributed by atoms with Gasteiger partial charge in [-0.05, 0) is 43.7 Å². The molecule has 4 nitrogen and oxygen atoms in total. The maximum Gasteiger partial charge on any atom is 0.146 e. The normalized spacial score (nSPS) is 17.7. The van der Waals surface area contributed by atoms with Gasteiger partial charge >= 0.3 is 0 Å². The molecule has 1 aromatic heterocycles. The zero-order chi connectivity index (χ0) is 15.0. The largest absolute Gasteiger partial charge is 0.316 e. The van der Waals surface area contributed by atoms with E-state index < -0.39 is 0 Å². The minimum atomic E-state index is 0.769. The summed E-state index contributed by atoms with van der Waals surface area (Å²) < 4.78 is 2.15. The van der Waals surface area contributed by atoms with E-state index in [1.165, 1.54) is 24.8 Å². The summed E-state index contributed by atoms with van der Waals surface area (Å²) in [5, 5.41) is 11.8. The van der Waals surface area contributed by atoms with Crippen LogP contribution in [0.15, 0.2) is 48.8 Å². The number of nitrogens with zero attached hydrogens (tertiary/aromatic N) is 3. The predicted molar refractivity (Wildman–Crippen MR) is 88.4 cm³/mol. The van der Waals surface area contributed by atoms with Crippen LogP contribution in [0, 0.1) is 5.92 Å². The lowest BCUT2D eigenvalue weighted by Gasteiger charge is -2.18. The molecule has 1 unspecified atom stereocenters. The molecule has 0 spiro atoms. The van der Waals surface area contributed by atoms with E-state index in [9.17, 15) is 0 Å². The van der Waals surface area contributed by atoms with Crippen molar-refractivity contribution in [3.05, 3.63) is 60.2 Å². The first-order valence-corrected chi connectivity index (χ1v) is 8.18. The summed E-state index contributed by atoms with van der Waals surface area (Å²) in [4.78, 5) is 0. The molecule has 116 valence electrons. The molecule has 1 aromatic carbocycles. The van der Waals surface area contributed by atoms with Crippen molar-refractivity contribution in [3.8, 4) is 0 Å². The molecule has 2 aromatic rings. The van der Waals surface area contributed by atoms with Crippen molar-refractivity contribution in [3.63, 3.8) is 0 Å². The van der Waals surface area contributed by atoms with Crippen molar-refractivity contribution in [2.24, 2.45) is 5.92 Å². The van der Waals surface area contributed by atoms with Crippen molar-refractivity contribution in [2.75, 3.05) is 6.54 Å². The van der Waals surface area contributed by atoms with Gasteiger partial charge in [0.25, 0.3) is 0 Å². The fraction of sp³-hybridized carbons (Fsp3) is 0.444. The van der Waals surface area contributed by atoms with Crippen molar-refractivity contribution >= 4 is 0 Å². The molecular formula is C18H24N4. The van der Waals surface area contributed by atoms with Gasteiger partial charge in [0.05, 0.1) is 6.54 Å². The molecular weight excluding hydrogens is 272 g/mol. The Morgan fingerprint density at radius 1 is 1.18 bits per heavy atom. The second-order valence-corrected chi connectivity index (χ2v) is 5.96. The van der Waals surface area contributed by atoms with Gasteiger partial charge in [-0.2, -0.15) is 0 Å². The minimum absolute atomic E-state index is 0.769. The third kappa shape index (κ3) is 4.28. The molecule has 3 rings (SSSR count). The number of nitrogens with one attached hydrogen (secondary N) is 1. The summed E-state index contributed by atoms with van der Waals surface area (Å²) in [6.07, 6.45) is 11.2. The molecule has 4 heteroatoms. The van der Waals surface area contributed by atoms with Crippen LogP contribution in [0.3, 0.4) is 0 Å². The number of rotatable bonds is 7. The zero-order valence-corrected chi connectivity index (χ0v) is 13.0. The molecule has 1 atom stereocenters. The summed E-state index contributed by atoms with van der Waals surface area (Å²) in [6.45, 7) is 2.80. The highest BCUT2D eigenvalue weighted by Crippen LogP contribution is 2.17. The first kappa shape index (κ1) is 15.0. The third-order valence-corrected chi connectivity index (χ3v) is 4.27. The van der Waals surface area contributed by atoms with E-state index in [2.05, 4.69) is 62.6 Å². The van der Waals surface area contributed by atoms with E-state index >= 15 is 0 Å². The van der Waals surface area contributed by atoms with E-state index in [0.717, 1.165) is 37.8 Å². The Morgan fingerprint density at radius 2 is 2.09 bits per heavy atom. The van der Waals surface area contributed by atoms with Crippen LogP contribution in [0.1, 0.15) is 30.7 Å². The molecule has 1 N–H and O–H groups in total. The van der Waals surface area contributed by atoms with Gasteiger partial charge in [0.15, 0.2) is 0 Å². The number of benzene rings is 1. The summed E-state index contributed by atoms with van der Waals surface area (Å²) in [5.74, 6) is 1.80. The van der Waals surface area contributed by atoms with E-state index in [4.69, 9.17) is 0 Å². The molecule has 0 bridgehead atoms. The highest BCUT2D eigenvalue weighted by atomic mass is 15.3. The Labute approximate surface area is 132 Å². The highest BCUT2D eigenvalue weighted by Gasteiger charge is 2.10. The second-order valence-electron chi connectivity index (χ2n) is 5.96. The molecule has 1 heterocycles. The lowest BCUT2D eigenvalue weighted by Crippen LogP contribution is -2.24. The van der Waals surface area contributed by atoms with Crippen molar-refractivity contribution in [1.82, 2.24) is 20.1 Å². The average molecular weight is 296 g/mol. The summed E-state index contributed by atoms with van der Waals surface area (Å²) in [5.41, 5.74) is 1.35. The van der Waals surface area contributed by atoms with Gasteiger partial charge in [-0.3, -0.25) is 0 Å². The van der Waals surface area contributed by atoms with Crippen LogP contribution >= 0.6 is 0 Å². The first-order valence-electron chi connectivity index (χ1n) is 8.18. The third-order valence-electron chi connectivity index (χ3n) is 4.27. The molecule has 1 aliphatic rings. The van der Waals surface area contributed by atoms with Crippen molar-refractivity contribution in [2.45, 2.75) is 38.8 Å². The molecule has 0 fully saturated rings. The number of aryl methyl sites for hydroxylation is 2. The topological polar surface area (TPSA) is 42.7 Å². The minimum Gasteiger partial charge on any atom is -0.316 e. The summed E-state index contributed by atoms with van der Waals surface area (Å²) >= 11 is 0. The Balaban J connectivity index is 1.46. The van der Waals surface area contributed by atoms with Crippen LogP contribution in [0.2, 0.25) is 0 Å². The quantitative estimate of drug-likeness (QED) is 0.799. The Hall–Kier alpha value is -1.94. The standard InChI is InChI=1S/C18H24N4/c1-3-7-16(8-4-1)11-12-22-15-20-21-18(22)14-19-13-17-9-5-2-6-10-17/h1-5,7-8,15,17,19H,6,9-14H2. The van der Waals surface area contributed by atoms with Crippen molar-refractivity contribution in [1.29, 1.82) is 0 Å². The Kier molecular flexibility index (Phi) is 5.37. The van der Waals surface area contributed by atoms with Gasteiger partial charge in [0.2, 0.25) is 0 Å². The second kappa shape index (κ2) is 7.90. The molecule has 0 saturated heterocycles. The lowest BCUT2D eigenvalue weighted by molar-refractivity contribution is 0.433. The van der Waals surface area contributed by atoms with Gasteiger partial charge in [-0.25, -0.2) is 0 Å². The molecule has 0 radical (unpaired) electrons. The van der Waals surface area contributed by atoms with E-state index in [-0.39, 0.29) is 0 Å². The SMILES string of the molecule is C1=CCC(CNCc2nncn2CCc2ccccc2)CC1. The molecule has 0 aliphatic heterocycles. The predicted octanol–water partition coefficient (Wildman–Crippen LogP) is 2.97. The number of hydrogen-bond donors (Lipinski definition) is 1. The highest BCUT2D eigenvalue weighted by molar-refractivity contribution is 5.14. The smallest absolute Gasteiger partial charge is 0.146 e. The maximum atomic E-state index is 4.25. The van der Waals surface area contributed by atoms with Gasteiger partial charge in [0.1, 0.15) is 12.2 Å². The van der Waals surface area contributed by atoms with Crippen LogP contribution in [0.25, 0.3) is 0 Å². The van der Waals surface area contributed by atoms with Gasteiger partial charge < -0.3 is 9.88 Å². The van der Waals surface area contributed by atoms with Crippen LogP contribution in [0.4, 0.5) is 0 Å². The lowest BCUT2D eigenvalue weighted by atomic mass is 9.94.